The summed E-state index contributed by atoms with van der Waals surface area (Å²) in [5.74, 6) is 3.35. The van der Waals surface area contributed by atoms with Gasteiger partial charge in [-0.3, -0.25) is 10.1 Å². The van der Waals surface area contributed by atoms with Gasteiger partial charge in [0.2, 0.25) is 22.6 Å². The fourth-order valence-electron chi connectivity index (χ4n) is 6.65. The maximum Gasteiger partial charge on any atom is 0.334 e. The molecular formula is C51H51ClN6O12. The first-order valence-corrected chi connectivity index (χ1v) is 21.7. The van der Waals surface area contributed by atoms with Crippen molar-refractivity contribution in [2.75, 3.05) is 35.0 Å². The smallest absolute Gasteiger partial charge is 0.334 e. The van der Waals surface area contributed by atoms with E-state index in [1.54, 1.807) is 53.6 Å². The highest BCUT2D eigenvalue weighted by molar-refractivity contribution is 6.35. The Morgan fingerprint density at radius 1 is 0.714 bits per heavy atom. The molecule has 0 radical (unpaired) electrons. The second-order valence-corrected chi connectivity index (χ2v) is 15.2. The van der Waals surface area contributed by atoms with Crippen LogP contribution in [0.5, 0.6) is 23.0 Å². The van der Waals surface area contributed by atoms with Gasteiger partial charge in [0.05, 0.1) is 49.6 Å². The van der Waals surface area contributed by atoms with E-state index in [0.717, 1.165) is 56.2 Å². The maximum absolute atomic E-state index is 12.4. The SMILES string of the molecule is COc1cccc(-c2ccc3onc(C)c3[n+]2[O-])c1.COc1cccc(CC=O)c1.COc1cccc(CCO)c1.COc1ccccc1-c1cc(Cl)c2onc(C)c2n1.Cc1noc(C)c1[N+](=O)[O-]. The van der Waals surface area contributed by atoms with E-state index in [2.05, 4.69) is 25.0 Å². The Balaban J connectivity index is 0.000000168. The molecule has 0 saturated heterocycles. The van der Waals surface area contributed by atoms with Crippen LogP contribution in [0.4, 0.5) is 5.69 Å². The van der Waals surface area contributed by atoms with Crippen molar-refractivity contribution in [3.05, 3.63) is 170 Å². The van der Waals surface area contributed by atoms with Crippen LogP contribution in [0.3, 0.4) is 0 Å². The van der Waals surface area contributed by atoms with Gasteiger partial charge in [0.15, 0.2) is 11.4 Å². The van der Waals surface area contributed by atoms with Crippen molar-refractivity contribution in [3.8, 4) is 45.5 Å². The van der Waals surface area contributed by atoms with Crippen LogP contribution in [0.2, 0.25) is 5.02 Å². The fraction of sp³-hybridized carbons (Fsp3) is 0.216. The lowest BCUT2D eigenvalue weighted by atomic mass is 10.1. The van der Waals surface area contributed by atoms with Gasteiger partial charge in [-0.15, -0.1) is 0 Å². The number of nitro groups is 1. The number of carbonyl (C=O) groups is 1. The molecule has 0 saturated carbocycles. The molecule has 0 amide bonds. The number of hydrogen-bond donors (Lipinski definition) is 1. The Hall–Kier alpha value is -8.35. The second kappa shape index (κ2) is 25.7. The molecule has 5 heterocycles. The second-order valence-electron chi connectivity index (χ2n) is 14.8. The van der Waals surface area contributed by atoms with E-state index >= 15 is 0 Å². The Morgan fingerprint density at radius 3 is 1.93 bits per heavy atom. The molecule has 364 valence electrons. The third kappa shape index (κ3) is 13.6. The Bertz CT molecular complexity index is 3130. The quantitative estimate of drug-likeness (QED) is 0.0417. The van der Waals surface area contributed by atoms with Crippen LogP contribution < -0.4 is 23.7 Å². The molecule has 70 heavy (non-hydrogen) atoms. The van der Waals surface area contributed by atoms with Crippen molar-refractivity contribution in [1.82, 2.24) is 20.5 Å². The summed E-state index contributed by atoms with van der Waals surface area (Å²) in [5, 5.41) is 42.8. The standard InChI is InChI=1S/C14H11ClN2O2.C14H12N2O3.C9H12O2.C9H10O2.C5H6N2O3/c1-8-13-14(19-17-8)10(15)7-11(16-13)9-5-3-4-6-12(9)18-2;1-9-14-13(19-15-9)7-6-12(16(14)17)10-4-3-5-11(8-10)18-2;2*1-11-9-4-2-3-8(7-9)5-6-10;1-3-5(7(8)9)4(2)10-6-3/h3-7H,1-2H3;3-8H,1-2H3;2-4,7,10H,5-6H2,1H3;2-4,6-7H,5H2,1H3;1-2H3. The average molecular weight is 975 g/mol. The van der Waals surface area contributed by atoms with E-state index in [0.29, 0.717) is 68.6 Å². The molecular weight excluding hydrogens is 924 g/mol. The molecule has 9 aromatic rings. The molecule has 0 fully saturated rings. The first kappa shape index (κ1) is 52.6. The van der Waals surface area contributed by atoms with Gasteiger partial charge in [0.25, 0.3) is 5.52 Å². The summed E-state index contributed by atoms with van der Waals surface area (Å²) < 4.78 is 36.1. The molecule has 1 N–H and O–H groups in total. The summed E-state index contributed by atoms with van der Waals surface area (Å²) in [6, 6.07) is 35.4. The number of fused-ring (bicyclic) bond motifs is 2. The Kier molecular flexibility index (Phi) is 19.3. The van der Waals surface area contributed by atoms with Crippen LogP contribution in [0.1, 0.15) is 34.0 Å². The summed E-state index contributed by atoms with van der Waals surface area (Å²) >= 11 is 6.21. The third-order valence-electron chi connectivity index (χ3n) is 10.1. The number of rotatable bonds is 11. The minimum absolute atomic E-state index is 0.0278. The third-order valence-corrected chi connectivity index (χ3v) is 10.4. The zero-order chi connectivity index (χ0) is 50.7. The van der Waals surface area contributed by atoms with Gasteiger partial charge in [-0.25, -0.2) is 4.98 Å². The van der Waals surface area contributed by atoms with Gasteiger partial charge in [-0.1, -0.05) is 69.5 Å². The number of methoxy groups -OCH3 is 4. The van der Waals surface area contributed by atoms with Crippen LogP contribution in [-0.2, 0) is 17.6 Å². The highest BCUT2D eigenvalue weighted by Gasteiger charge is 2.21. The van der Waals surface area contributed by atoms with Gasteiger partial charge < -0.3 is 47.6 Å². The number of benzene rings is 4. The van der Waals surface area contributed by atoms with Crippen molar-refractivity contribution in [1.29, 1.82) is 0 Å². The number of nitrogens with zero attached hydrogens (tertiary/aromatic N) is 6. The van der Waals surface area contributed by atoms with E-state index in [1.807, 2.05) is 104 Å². The van der Waals surface area contributed by atoms with Gasteiger partial charge in [0.1, 0.15) is 40.5 Å². The van der Waals surface area contributed by atoms with Crippen molar-refractivity contribution < 1.29 is 52.1 Å². The summed E-state index contributed by atoms with van der Waals surface area (Å²) in [5.41, 5.74) is 8.76. The first-order chi connectivity index (χ1) is 33.8. The van der Waals surface area contributed by atoms with Crippen LogP contribution in [0.15, 0.2) is 129 Å². The lowest BCUT2D eigenvalue weighted by molar-refractivity contribution is -0.565. The summed E-state index contributed by atoms with van der Waals surface area (Å²) in [6.45, 7) is 6.82. The number of ether oxygens (including phenoxy) is 4. The van der Waals surface area contributed by atoms with Crippen molar-refractivity contribution >= 4 is 45.8 Å². The highest BCUT2D eigenvalue weighted by atomic mass is 35.5. The van der Waals surface area contributed by atoms with Gasteiger partial charge in [-0.2, -0.15) is 4.73 Å². The normalized spacial score (nSPS) is 10.3. The molecule has 0 unspecified atom stereocenters. The Labute approximate surface area is 407 Å². The van der Waals surface area contributed by atoms with Gasteiger partial charge in [-0.05, 0) is 105 Å². The first-order valence-electron chi connectivity index (χ1n) is 21.3. The lowest BCUT2D eigenvalue weighted by Gasteiger charge is -2.07. The van der Waals surface area contributed by atoms with E-state index in [1.165, 1.54) is 13.8 Å². The van der Waals surface area contributed by atoms with Crippen molar-refractivity contribution in [3.63, 3.8) is 0 Å². The number of aldehydes is 1. The molecule has 4 aromatic carbocycles. The van der Waals surface area contributed by atoms with Crippen molar-refractivity contribution in [2.45, 2.75) is 40.5 Å². The molecule has 9 rings (SSSR count). The number of para-hydroxylation sites is 1. The van der Waals surface area contributed by atoms with Crippen LogP contribution in [0.25, 0.3) is 44.7 Å². The zero-order valence-electron chi connectivity index (χ0n) is 39.7. The van der Waals surface area contributed by atoms with E-state index in [9.17, 15) is 20.1 Å². The summed E-state index contributed by atoms with van der Waals surface area (Å²) in [4.78, 5) is 24.4. The molecule has 5 aromatic heterocycles. The van der Waals surface area contributed by atoms with Crippen LogP contribution in [-0.4, -0.2) is 71.8 Å². The molecule has 0 bridgehead atoms. The van der Waals surface area contributed by atoms with Crippen LogP contribution in [0, 0.1) is 43.0 Å². The maximum atomic E-state index is 12.4. The topological polar surface area (TPSA) is 235 Å². The minimum atomic E-state index is -0.499. The van der Waals surface area contributed by atoms with Gasteiger partial charge in [0, 0.05) is 31.6 Å². The number of carbonyl (C=O) groups excluding carboxylic acids is 1. The minimum Gasteiger partial charge on any atom is -0.618 e. The number of aliphatic hydroxyl groups excluding tert-OH is 1. The van der Waals surface area contributed by atoms with E-state index < -0.39 is 4.92 Å². The fourth-order valence-corrected chi connectivity index (χ4v) is 6.88. The van der Waals surface area contributed by atoms with E-state index in [4.69, 9.17) is 44.7 Å². The number of pyridine rings is 2. The molecule has 0 aliphatic rings. The molecule has 19 heteroatoms. The average Bonchev–Trinajstić information content (AvgIpc) is 4.07. The molecule has 0 atom stereocenters. The lowest BCUT2D eigenvalue weighted by Crippen LogP contribution is -2.30. The summed E-state index contributed by atoms with van der Waals surface area (Å²) in [7, 11) is 6.47. The number of aromatic nitrogens is 5. The number of hydrogen-bond acceptors (Lipinski definition) is 16. The van der Waals surface area contributed by atoms with Crippen molar-refractivity contribution in [2.24, 2.45) is 0 Å². The zero-order valence-corrected chi connectivity index (χ0v) is 40.4. The molecule has 18 nitrogen and oxygen atoms in total. The predicted molar refractivity (Wildman–Crippen MR) is 262 cm³/mol. The largest absolute Gasteiger partial charge is 0.618 e. The Morgan fingerprint density at radius 2 is 1.33 bits per heavy atom. The highest BCUT2D eigenvalue weighted by Crippen LogP contribution is 2.34. The van der Waals surface area contributed by atoms with Crippen LogP contribution >= 0.6 is 11.6 Å². The van der Waals surface area contributed by atoms with E-state index in [-0.39, 0.29) is 18.1 Å². The molecule has 0 spiro atoms. The number of aliphatic hydroxyl groups is 1. The van der Waals surface area contributed by atoms with Gasteiger partial charge >= 0.3 is 5.69 Å². The summed E-state index contributed by atoms with van der Waals surface area (Å²) in [6.07, 6.45) is 2.03. The number of halogens is 1. The predicted octanol–water partition coefficient (Wildman–Crippen LogP) is 10.2. The molecule has 0 aliphatic heterocycles. The monoisotopic (exact) mass is 974 g/mol. The molecule has 0 aliphatic carbocycles. The number of aryl methyl sites for hydroxylation is 4.